The molecule has 0 aliphatic rings. The van der Waals surface area contributed by atoms with Crippen molar-refractivity contribution in [1.82, 2.24) is 4.90 Å². The van der Waals surface area contributed by atoms with E-state index in [0.29, 0.717) is 0 Å². The molecule has 0 saturated carbocycles. The maximum absolute atomic E-state index is 13.8. The van der Waals surface area contributed by atoms with E-state index in [1.807, 2.05) is 60.7 Å². The van der Waals surface area contributed by atoms with E-state index in [1.165, 1.54) is 11.9 Å². The molecule has 150 valence electrons. The second-order valence-electron chi connectivity index (χ2n) is 6.31. The molecule has 0 bridgehead atoms. The minimum atomic E-state index is -1.69. The van der Waals surface area contributed by atoms with Gasteiger partial charge in [0.15, 0.2) is 24.0 Å². The van der Waals surface area contributed by atoms with E-state index in [9.17, 15) is 22.4 Å². The molecule has 3 aromatic rings. The van der Waals surface area contributed by atoms with E-state index in [4.69, 9.17) is 4.74 Å². The van der Waals surface area contributed by atoms with Crippen LogP contribution in [0.3, 0.4) is 0 Å². The van der Waals surface area contributed by atoms with Crippen molar-refractivity contribution >= 4 is 5.91 Å². The lowest BCUT2D eigenvalue weighted by Gasteiger charge is -2.29. The van der Waals surface area contributed by atoms with Gasteiger partial charge in [-0.1, -0.05) is 60.7 Å². The minimum absolute atomic E-state index is 0.0757. The molecule has 0 aliphatic heterocycles. The summed E-state index contributed by atoms with van der Waals surface area (Å²) in [5.41, 5.74) is 1.62. The predicted molar refractivity (Wildman–Crippen MR) is 99.3 cm³/mol. The fourth-order valence-electron chi connectivity index (χ4n) is 2.97. The lowest BCUT2D eigenvalue weighted by molar-refractivity contribution is -0.133. The molecule has 29 heavy (non-hydrogen) atoms. The molecule has 3 rings (SSSR count). The zero-order valence-corrected chi connectivity index (χ0v) is 15.4. The van der Waals surface area contributed by atoms with Gasteiger partial charge in [-0.25, -0.2) is 8.78 Å². The van der Waals surface area contributed by atoms with Crippen LogP contribution in [0.2, 0.25) is 0 Å². The third kappa shape index (κ3) is 4.39. The third-order valence-electron chi connectivity index (χ3n) is 4.42. The number of amides is 1. The van der Waals surface area contributed by atoms with Crippen molar-refractivity contribution in [3.8, 4) is 5.75 Å². The molecule has 0 spiro atoms. The number of carbonyl (C=O) groups excluding carboxylic acids is 1. The number of likely N-dealkylation sites (N-methyl/N-ethyl adjacent to an activating group) is 1. The standard InChI is InChI=1S/C22H17F4NO2/c1-27(18(28)13-29-22-19(25)16(23)12-17(24)20(22)26)21(14-8-4-2-5-9-14)15-10-6-3-7-11-15/h2-12,21H,13H2,1H3. The Morgan fingerprint density at radius 3 is 1.76 bits per heavy atom. The Kier molecular flexibility index (Phi) is 6.16. The third-order valence-corrected chi connectivity index (χ3v) is 4.42. The number of hydrogen-bond donors (Lipinski definition) is 0. The van der Waals surface area contributed by atoms with Crippen molar-refractivity contribution in [1.29, 1.82) is 0 Å². The SMILES string of the molecule is CN(C(=O)COc1c(F)c(F)cc(F)c1F)C(c1ccccc1)c1ccccc1. The first-order valence-electron chi connectivity index (χ1n) is 8.71. The minimum Gasteiger partial charge on any atom is -0.477 e. The highest BCUT2D eigenvalue weighted by Crippen LogP contribution is 2.29. The van der Waals surface area contributed by atoms with Gasteiger partial charge in [-0.2, -0.15) is 8.78 Å². The molecule has 3 nitrogen and oxygen atoms in total. The van der Waals surface area contributed by atoms with Gasteiger partial charge in [-0.15, -0.1) is 0 Å². The summed E-state index contributed by atoms with van der Waals surface area (Å²) in [4.78, 5) is 14.0. The maximum Gasteiger partial charge on any atom is 0.261 e. The Balaban J connectivity index is 1.84. The van der Waals surface area contributed by atoms with Gasteiger partial charge in [-0.3, -0.25) is 4.79 Å². The van der Waals surface area contributed by atoms with E-state index >= 15 is 0 Å². The van der Waals surface area contributed by atoms with Crippen LogP contribution in [0.25, 0.3) is 0 Å². The number of ether oxygens (including phenoxy) is 1. The lowest BCUT2D eigenvalue weighted by atomic mass is 9.97. The molecule has 0 atom stereocenters. The molecule has 7 heteroatoms. The first kappa shape index (κ1) is 20.4. The van der Waals surface area contributed by atoms with Crippen molar-refractivity contribution in [2.24, 2.45) is 0 Å². The van der Waals surface area contributed by atoms with Gasteiger partial charge >= 0.3 is 0 Å². The normalized spacial score (nSPS) is 10.8. The molecule has 0 N–H and O–H groups in total. The van der Waals surface area contributed by atoms with Crippen molar-refractivity contribution in [3.63, 3.8) is 0 Å². The zero-order valence-electron chi connectivity index (χ0n) is 15.4. The van der Waals surface area contributed by atoms with Gasteiger partial charge < -0.3 is 9.64 Å². The van der Waals surface area contributed by atoms with Gasteiger partial charge in [-0.05, 0) is 11.1 Å². The Bertz CT molecular complexity index is 931. The average molecular weight is 403 g/mol. The van der Waals surface area contributed by atoms with Crippen LogP contribution in [0.4, 0.5) is 17.6 Å². The summed E-state index contributed by atoms with van der Waals surface area (Å²) in [5, 5.41) is 0. The fraction of sp³-hybridized carbons (Fsp3) is 0.136. The van der Waals surface area contributed by atoms with Crippen molar-refractivity contribution in [2.45, 2.75) is 6.04 Å². The maximum atomic E-state index is 13.8. The van der Waals surface area contributed by atoms with Crippen molar-refractivity contribution < 1.29 is 27.1 Å². The highest BCUT2D eigenvalue weighted by atomic mass is 19.2. The van der Waals surface area contributed by atoms with Crippen LogP contribution in [0.5, 0.6) is 5.75 Å². The second-order valence-corrected chi connectivity index (χ2v) is 6.31. The fourth-order valence-corrected chi connectivity index (χ4v) is 2.97. The second kappa shape index (κ2) is 8.77. The van der Waals surface area contributed by atoms with Crippen LogP contribution < -0.4 is 4.74 Å². The first-order chi connectivity index (χ1) is 13.9. The van der Waals surface area contributed by atoms with Crippen molar-refractivity contribution in [3.05, 3.63) is 101 Å². The molecule has 0 unspecified atom stereocenters. The van der Waals surface area contributed by atoms with Crippen LogP contribution in [0.1, 0.15) is 17.2 Å². The molecular weight excluding hydrogens is 386 g/mol. The Morgan fingerprint density at radius 2 is 1.31 bits per heavy atom. The number of halogens is 4. The van der Waals surface area contributed by atoms with Gasteiger partial charge in [0.05, 0.1) is 6.04 Å². The molecule has 1 amide bonds. The van der Waals surface area contributed by atoms with E-state index < -0.39 is 47.6 Å². The summed E-state index contributed by atoms with van der Waals surface area (Å²) in [5.74, 6) is -8.49. The number of benzene rings is 3. The van der Waals surface area contributed by atoms with Gasteiger partial charge in [0.2, 0.25) is 11.6 Å². The summed E-state index contributed by atoms with van der Waals surface area (Å²) in [7, 11) is 1.51. The number of nitrogens with zero attached hydrogens (tertiary/aromatic N) is 1. The number of hydrogen-bond acceptors (Lipinski definition) is 2. The molecule has 0 radical (unpaired) electrons. The molecule has 0 saturated heterocycles. The smallest absolute Gasteiger partial charge is 0.261 e. The largest absolute Gasteiger partial charge is 0.477 e. The van der Waals surface area contributed by atoms with Crippen LogP contribution in [0, 0.1) is 23.3 Å². The Hall–Kier alpha value is -3.35. The summed E-state index contributed by atoms with van der Waals surface area (Å²) in [6.07, 6.45) is 0. The van der Waals surface area contributed by atoms with Gasteiger partial charge in [0.1, 0.15) is 0 Å². The van der Waals surface area contributed by atoms with Crippen LogP contribution in [-0.4, -0.2) is 24.5 Å². The summed E-state index contributed by atoms with van der Waals surface area (Å²) in [6, 6.07) is 17.9. The van der Waals surface area contributed by atoms with Crippen molar-refractivity contribution in [2.75, 3.05) is 13.7 Å². The Labute approximate surface area is 165 Å². The molecule has 3 aromatic carbocycles. The van der Waals surface area contributed by atoms with Crippen LogP contribution in [0.15, 0.2) is 66.7 Å². The first-order valence-corrected chi connectivity index (χ1v) is 8.71. The Morgan fingerprint density at radius 1 is 0.862 bits per heavy atom. The lowest BCUT2D eigenvalue weighted by Crippen LogP contribution is -2.35. The monoisotopic (exact) mass is 403 g/mol. The van der Waals surface area contributed by atoms with Crippen LogP contribution in [-0.2, 0) is 4.79 Å². The highest BCUT2D eigenvalue weighted by Gasteiger charge is 2.26. The average Bonchev–Trinajstić information content (AvgIpc) is 2.74. The molecular formula is C22H17F4NO2. The molecule has 0 aliphatic carbocycles. The van der Waals surface area contributed by atoms with Gasteiger partial charge in [0.25, 0.3) is 5.91 Å². The summed E-state index contributed by atoms with van der Waals surface area (Å²) < 4.78 is 58.9. The summed E-state index contributed by atoms with van der Waals surface area (Å²) in [6.45, 7) is -0.802. The van der Waals surface area contributed by atoms with E-state index in [2.05, 4.69) is 0 Å². The van der Waals surface area contributed by atoms with E-state index in [-0.39, 0.29) is 6.07 Å². The van der Waals surface area contributed by atoms with E-state index in [1.54, 1.807) is 0 Å². The van der Waals surface area contributed by atoms with Gasteiger partial charge in [0, 0.05) is 13.1 Å². The molecule has 0 aromatic heterocycles. The number of carbonyl (C=O) groups is 1. The van der Waals surface area contributed by atoms with Crippen LogP contribution >= 0.6 is 0 Å². The quantitative estimate of drug-likeness (QED) is 0.434. The van der Waals surface area contributed by atoms with E-state index in [0.717, 1.165) is 11.1 Å². The highest BCUT2D eigenvalue weighted by molar-refractivity contribution is 5.78. The molecule has 0 fully saturated rings. The number of rotatable bonds is 6. The predicted octanol–water partition coefficient (Wildman–Crippen LogP) is 4.87. The summed E-state index contributed by atoms with van der Waals surface area (Å²) >= 11 is 0. The molecule has 0 heterocycles. The zero-order chi connectivity index (χ0) is 21.0. The topological polar surface area (TPSA) is 29.5 Å².